The smallest absolute Gasteiger partial charge is 0.150 e. The van der Waals surface area contributed by atoms with Crippen molar-refractivity contribution in [3.8, 4) is 11.3 Å². The first-order valence-electron chi connectivity index (χ1n) is 5.11. The molecule has 2 aromatic heterocycles. The quantitative estimate of drug-likeness (QED) is 0.479. The monoisotopic (exact) mass is 239 g/mol. The Hall–Kier alpha value is -1.81. The SMILES string of the molecule is [B]c1cnn2c(Cl)cc(-c3ccccc3)nc12. The van der Waals surface area contributed by atoms with Crippen LogP contribution in [0.15, 0.2) is 42.6 Å². The number of hydrogen-bond donors (Lipinski definition) is 0. The Kier molecular flexibility index (Phi) is 2.37. The molecular weight excluding hydrogens is 232 g/mol. The van der Waals surface area contributed by atoms with Gasteiger partial charge in [0.15, 0.2) is 0 Å². The molecule has 0 aliphatic heterocycles. The van der Waals surface area contributed by atoms with Crippen LogP contribution in [-0.4, -0.2) is 22.4 Å². The molecule has 0 amide bonds. The minimum Gasteiger partial charge on any atom is -0.229 e. The van der Waals surface area contributed by atoms with Crippen LogP contribution in [0.3, 0.4) is 0 Å². The summed E-state index contributed by atoms with van der Waals surface area (Å²) in [4.78, 5) is 4.46. The lowest BCUT2D eigenvalue weighted by Gasteiger charge is -2.04. The van der Waals surface area contributed by atoms with Crippen LogP contribution in [-0.2, 0) is 0 Å². The summed E-state index contributed by atoms with van der Waals surface area (Å²) in [5, 5.41) is 4.54. The molecule has 0 bridgehead atoms. The van der Waals surface area contributed by atoms with Crippen molar-refractivity contribution in [2.45, 2.75) is 0 Å². The summed E-state index contributed by atoms with van der Waals surface area (Å²) in [6, 6.07) is 11.6. The van der Waals surface area contributed by atoms with Crippen molar-refractivity contribution in [1.29, 1.82) is 0 Å². The summed E-state index contributed by atoms with van der Waals surface area (Å²) in [5.41, 5.74) is 2.88. The summed E-state index contributed by atoms with van der Waals surface area (Å²) in [7, 11) is 5.79. The summed E-state index contributed by atoms with van der Waals surface area (Å²) < 4.78 is 1.52. The number of rotatable bonds is 1. The van der Waals surface area contributed by atoms with Gasteiger partial charge in [-0.05, 0) is 5.46 Å². The average molecular weight is 239 g/mol. The topological polar surface area (TPSA) is 30.2 Å². The Morgan fingerprint density at radius 1 is 1.18 bits per heavy atom. The first-order valence-corrected chi connectivity index (χ1v) is 5.48. The van der Waals surface area contributed by atoms with Crippen molar-refractivity contribution in [2.75, 3.05) is 0 Å². The van der Waals surface area contributed by atoms with Gasteiger partial charge in [-0.15, -0.1) is 0 Å². The molecule has 0 saturated carbocycles. The Labute approximate surface area is 104 Å². The van der Waals surface area contributed by atoms with E-state index in [-0.39, 0.29) is 0 Å². The van der Waals surface area contributed by atoms with Gasteiger partial charge in [-0.1, -0.05) is 41.9 Å². The molecule has 0 atom stereocenters. The van der Waals surface area contributed by atoms with Crippen molar-refractivity contribution in [2.24, 2.45) is 0 Å². The molecule has 2 radical (unpaired) electrons. The van der Waals surface area contributed by atoms with Crippen LogP contribution < -0.4 is 5.46 Å². The zero-order valence-electron chi connectivity index (χ0n) is 8.84. The maximum atomic E-state index is 6.13. The lowest BCUT2D eigenvalue weighted by Crippen LogP contribution is -2.04. The molecule has 2 heterocycles. The van der Waals surface area contributed by atoms with E-state index in [2.05, 4.69) is 10.1 Å². The van der Waals surface area contributed by atoms with Gasteiger partial charge in [0, 0.05) is 17.8 Å². The van der Waals surface area contributed by atoms with Crippen LogP contribution in [0.2, 0.25) is 5.15 Å². The zero-order chi connectivity index (χ0) is 11.8. The number of aromatic nitrogens is 3. The molecule has 3 nitrogen and oxygen atoms in total. The third kappa shape index (κ3) is 1.70. The van der Waals surface area contributed by atoms with Crippen LogP contribution in [0.1, 0.15) is 0 Å². The molecule has 5 heteroatoms. The number of hydrogen-bond acceptors (Lipinski definition) is 2. The summed E-state index contributed by atoms with van der Waals surface area (Å²) in [5.74, 6) is 0. The van der Waals surface area contributed by atoms with Gasteiger partial charge >= 0.3 is 0 Å². The van der Waals surface area contributed by atoms with Crippen molar-refractivity contribution in [3.63, 3.8) is 0 Å². The van der Waals surface area contributed by atoms with Gasteiger partial charge in [0.2, 0.25) is 0 Å². The molecule has 0 fully saturated rings. The number of benzene rings is 1. The third-order valence-corrected chi connectivity index (χ3v) is 2.79. The zero-order valence-corrected chi connectivity index (χ0v) is 9.59. The Balaban J connectivity index is 2.28. The molecule has 0 saturated heterocycles. The van der Waals surface area contributed by atoms with Gasteiger partial charge in [0.1, 0.15) is 18.6 Å². The molecule has 1 aromatic carbocycles. The summed E-state index contributed by atoms with van der Waals surface area (Å²) >= 11 is 6.13. The maximum absolute atomic E-state index is 6.13. The summed E-state index contributed by atoms with van der Waals surface area (Å²) in [6.45, 7) is 0. The minimum absolute atomic E-state index is 0.491. The maximum Gasteiger partial charge on any atom is 0.150 e. The number of fused-ring (bicyclic) bond motifs is 1. The fraction of sp³-hybridized carbons (Fsp3) is 0. The van der Waals surface area contributed by atoms with Gasteiger partial charge in [0.25, 0.3) is 0 Å². The first-order chi connectivity index (χ1) is 8.25. The predicted octanol–water partition coefficient (Wildman–Crippen LogP) is 1.84. The van der Waals surface area contributed by atoms with Crippen LogP contribution in [0.4, 0.5) is 0 Å². The number of nitrogens with zero attached hydrogens (tertiary/aromatic N) is 3. The van der Waals surface area contributed by atoms with Gasteiger partial charge < -0.3 is 0 Å². The Morgan fingerprint density at radius 3 is 2.71 bits per heavy atom. The van der Waals surface area contributed by atoms with E-state index in [1.165, 1.54) is 4.52 Å². The van der Waals surface area contributed by atoms with E-state index in [0.29, 0.717) is 16.3 Å². The predicted molar refractivity (Wildman–Crippen MR) is 68.8 cm³/mol. The van der Waals surface area contributed by atoms with Crippen molar-refractivity contribution >= 4 is 30.6 Å². The van der Waals surface area contributed by atoms with E-state index in [4.69, 9.17) is 19.4 Å². The van der Waals surface area contributed by atoms with Crippen molar-refractivity contribution in [3.05, 3.63) is 47.7 Å². The number of halogens is 1. The summed E-state index contributed by atoms with van der Waals surface area (Å²) in [6.07, 6.45) is 1.54. The van der Waals surface area contributed by atoms with Crippen molar-refractivity contribution in [1.82, 2.24) is 14.6 Å². The van der Waals surface area contributed by atoms with Gasteiger partial charge in [-0.2, -0.15) is 5.10 Å². The molecule has 80 valence electrons. The molecule has 0 N–H and O–H groups in total. The van der Waals surface area contributed by atoms with E-state index in [0.717, 1.165) is 11.3 Å². The highest BCUT2D eigenvalue weighted by Crippen LogP contribution is 2.20. The first kappa shape index (κ1) is 10.4. The van der Waals surface area contributed by atoms with Gasteiger partial charge in [0.05, 0.1) is 5.69 Å². The normalized spacial score (nSPS) is 10.9. The molecule has 0 aliphatic rings. The van der Waals surface area contributed by atoms with Crippen LogP contribution in [0, 0.1) is 0 Å². The van der Waals surface area contributed by atoms with E-state index in [1.807, 2.05) is 30.3 Å². The minimum atomic E-state index is 0.491. The molecule has 0 aliphatic carbocycles. The van der Waals surface area contributed by atoms with Gasteiger partial charge in [-0.3, -0.25) is 0 Å². The van der Waals surface area contributed by atoms with E-state index >= 15 is 0 Å². The standard InChI is InChI=1S/C12H7BClN3/c13-9-7-15-17-11(14)6-10(16-12(9)17)8-4-2-1-3-5-8/h1-7H. The average Bonchev–Trinajstić information content (AvgIpc) is 2.73. The van der Waals surface area contributed by atoms with E-state index in [1.54, 1.807) is 12.3 Å². The fourth-order valence-corrected chi connectivity index (χ4v) is 1.93. The lowest BCUT2D eigenvalue weighted by atomic mass is 10.0. The van der Waals surface area contributed by atoms with Crippen LogP contribution >= 0.6 is 11.6 Å². The second-order valence-corrected chi connectivity index (χ2v) is 4.05. The Morgan fingerprint density at radius 2 is 1.94 bits per heavy atom. The van der Waals surface area contributed by atoms with Crippen LogP contribution in [0.5, 0.6) is 0 Å². The largest absolute Gasteiger partial charge is 0.229 e. The highest BCUT2D eigenvalue weighted by atomic mass is 35.5. The molecule has 3 rings (SSSR count). The molecule has 17 heavy (non-hydrogen) atoms. The third-order valence-electron chi connectivity index (χ3n) is 2.53. The highest BCUT2D eigenvalue weighted by Gasteiger charge is 2.08. The molecular formula is C12H7BClN3. The van der Waals surface area contributed by atoms with Crippen molar-refractivity contribution < 1.29 is 0 Å². The van der Waals surface area contributed by atoms with Crippen LogP contribution in [0.25, 0.3) is 16.9 Å². The second-order valence-electron chi connectivity index (χ2n) is 3.67. The molecule has 0 unspecified atom stereocenters. The molecule has 3 aromatic rings. The lowest BCUT2D eigenvalue weighted by molar-refractivity contribution is 0.942. The second kappa shape index (κ2) is 3.89. The fourth-order valence-electron chi connectivity index (χ4n) is 1.70. The molecule has 0 spiro atoms. The van der Waals surface area contributed by atoms with E-state index < -0.39 is 0 Å². The van der Waals surface area contributed by atoms with E-state index in [9.17, 15) is 0 Å². The van der Waals surface area contributed by atoms with Gasteiger partial charge in [-0.25, -0.2) is 9.50 Å². The Bertz CT molecular complexity index is 679. The highest BCUT2D eigenvalue weighted by molar-refractivity contribution is 6.36.